The number of hydrogen-bond acceptors (Lipinski definition) is 3. The van der Waals surface area contributed by atoms with Gasteiger partial charge in [0.05, 0.1) is 0 Å². The molecule has 0 heterocycles. The monoisotopic (exact) mass is 669 g/mol. The lowest BCUT2D eigenvalue weighted by atomic mass is 9.77. The average molecular weight is 669 g/mol. The Hall–Kier alpha value is -2.88. The molecule has 0 fully saturated rings. The van der Waals surface area contributed by atoms with Gasteiger partial charge in [0.1, 0.15) is 17.2 Å². The van der Waals surface area contributed by atoms with E-state index in [0.717, 1.165) is 50.6 Å². The molecule has 0 aliphatic carbocycles. The van der Waals surface area contributed by atoms with E-state index in [1.165, 1.54) is 16.7 Å². The van der Waals surface area contributed by atoms with Gasteiger partial charge in [-0.05, 0) is 86.6 Å². The number of aryl methyl sites for hydroxylation is 3. The van der Waals surface area contributed by atoms with E-state index in [4.69, 9.17) is 14.0 Å². The van der Waals surface area contributed by atoms with E-state index in [9.17, 15) is 0 Å². The third kappa shape index (κ3) is 9.68. The molecule has 270 valence electrons. The van der Waals surface area contributed by atoms with Gasteiger partial charge in [-0.15, -0.1) is 0 Å². The summed E-state index contributed by atoms with van der Waals surface area (Å²) in [6.45, 7) is 47.1. The lowest BCUT2D eigenvalue weighted by Gasteiger charge is -2.35. The SMILES string of the molecule is Cc1cc(C(C)(C)C)c(OB(Oc2c(C(C)(C)C)cc(C)cc2C(C)(C)C)Oc2c(C(C)(C)C)cc(C)cc2C(C)(C)C)c(C(C)(C)C)c1. The van der Waals surface area contributed by atoms with Crippen molar-refractivity contribution in [2.45, 2.75) is 178 Å². The number of benzene rings is 3. The van der Waals surface area contributed by atoms with Gasteiger partial charge in [-0.3, -0.25) is 0 Å². The van der Waals surface area contributed by atoms with Crippen LogP contribution in [-0.4, -0.2) is 7.32 Å². The van der Waals surface area contributed by atoms with Crippen LogP contribution in [0.2, 0.25) is 0 Å². The van der Waals surface area contributed by atoms with Gasteiger partial charge < -0.3 is 14.0 Å². The Bertz CT molecular complexity index is 1350. The molecule has 0 radical (unpaired) electrons. The Labute approximate surface area is 302 Å². The molecule has 0 N–H and O–H groups in total. The first-order valence-electron chi connectivity index (χ1n) is 18.3. The molecule has 3 nitrogen and oxygen atoms in total. The molecular weight excluding hydrogens is 599 g/mol. The normalized spacial score (nSPS) is 13.4. The van der Waals surface area contributed by atoms with Crippen molar-refractivity contribution in [3.63, 3.8) is 0 Å². The van der Waals surface area contributed by atoms with Crippen LogP contribution in [0.15, 0.2) is 36.4 Å². The molecule has 0 saturated heterocycles. The Kier molecular flexibility index (Phi) is 11.0. The second-order valence-corrected chi connectivity index (χ2v) is 20.7. The van der Waals surface area contributed by atoms with Gasteiger partial charge in [-0.1, -0.05) is 178 Å². The molecule has 3 rings (SSSR count). The molecule has 0 aromatic heterocycles. The summed E-state index contributed by atoms with van der Waals surface area (Å²) in [6.07, 6.45) is 0. The third-order valence-corrected chi connectivity index (χ3v) is 9.19. The first-order valence-corrected chi connectivity index (χ1v) is 18.3. The zero-order valence-corrected chi connectivity index (χ0v) is 35.3. The Morgan fingerprint density at radius 3 is 0.571 bits per heavy atom. The minimum Gasteiger partial charge on any atom is -0.489 e. The van der Waals surface area contributed by atoms with Crippen molar-refractivity contribution >= 4 is 7.32 Å². The van der Waals surface area contributed by atoms with Crippen molar-refractivity contribution in [1.82, 2.24) is 0 Å². The van der Waals surface area contributed by atoms with Crippen LogP contribution in [0, 0.1) is 20.8 Å². The quantitative estimate of drug-likeness (QED) is 0.245. The molecule has 49 heavy (non-hydrogen) atoms. The van der Waals surface area contributed by atoms with Crippen LogP contribution in [0.5, 0.6) is 17.2 Å². The predicted molar refractivity (Wildman–Crippen MR) is 213 cm³/mol. The lowest BCUT2D eigenvalue weighted by Crippen LogP contribution is -2.41. The molecule has 0 bridgehead atoms. The summed E-state index contributed by atoms with van der Waals surface area (Å²) in [7, 11) is -1.07. The van der Waals surface area contributed by atoms with Gasteiger partial charge in [-0.2, -0.15) is 0 Å². The molecule has 0 amide bonds. The number of rotatable bonds is 6. The smallest absolute Gasteiger partial charge is 0.489 e. The van der Waals surface area contributed by atoms with Gasteiger partial charge in [-0.25, -0.2) is 0 Å². The fraction of sp³-hybridized carbons (Fsp3) is 0.600. The predicted octanol–water partition coefficient (Wildman–Crippen LogP) is 12.9. The van der Waals surface area contributed by atoms with Gasteiger partial charge >= 0.3 is 7.32 Å². The van der Waals surface area contributed by atoms with Crippen LogP contribution in [-0.2, 0) is 32.5 Å². The topological polar surface area (TPSA) is 27.7 Å². The average Bonchev–Trinajstić information content (AvgIpc) is 2.87. The summed E-state index contributed by atoms with van der Waals surface area (Å²) in [4.78, 5) is 0. The fourth-order valence-corrected chi connectivity index (χ4v) is 6.40. The second-order valence-electron chi connectivity index (χ2n) is 20.7. The lowest BCUT2D eigenvalue weighted by molar-refractivity contribution is 0.287. The van der Waals surface area contributed by atoms with Crippen molar-refractivity contribution in [1.29, 1.82) is 0 Å². The zero-order valence-electron chi connectivity index (χ0n) is 35.3. The van der Waals surface area contributed by atoms with Gasteiger partial charge in [0.25, 0.3) is 0 Å². The largest absolute Gasteiger partial charge is 0.864 e. The highest BCUT2D eigenvalue weighted by Gasteiger charge is 2.41. The van der Waals surface area contributed by atoms with Crippen LogP contribution in [0.1, 0.15) is 175 Å². The zero-order chi connectivity index (χ0) is 37.9. The molecule has 0 spiro atoms. The Morgan fingerprint density at radius 1 is 0.306 bits per heavy atom. The second kappa shape index (κ2) is 13.3. The molecule has 0 atom stereocenters. The molecular formula is C45H69BO3. The Morgan fingerprint density at radius 2 is 0.449 bits per heavy atom. The molecule has 0 unspecified atom stereocenters. The van der Waals surface area contributed by atoms with Crippen LogP contribution in [0.4, 0.5) is 0 Å². The maximum absolute atomic E-state index is 7.28. The maximum Gasteiger partial charge on any atom is 0.864 e. The maximum atomic E-state index is 7.28. The minimum absolute atomic E-state index is 0.181. The summed E-state index contributed by atoms with van der Waals surface area (Å²) in [5.74, 6) is 2.50. The first kappa shape index (κ1) is 40.6. The number of hydrogen-bond donors (Lipinski definition) is 0. The van der Waals surface area contributed by atoms with Crippen LogP contribution in [0.25, 0.3) is 0 Å². The molecule has 0 saturated carbocycles. The van der Waals surface area contributed by atoms with E-state index in [1.54, 1.807) is 0 Å². The van der Waals surface area contributed by atoms with Crippen molar-refractivity contribution < 1.29 is 14.0 Å². The summed E-state index contributed by atoms with van der Waals surface area (Å²) in [5, 5.41) is 0. The van der Waals surface area contributed by atoms with Crippen LogP contribution in [0.3, 0.4) is 0 Å². The molecule has 0 aliphatic heterocycles. The Balaban J connectivity index is 2.51. The molecule has 4 heteroatoms. The van der Waals surface area contributed by atoms with E-state index in [2.05, 4.69) is 182 Å². The minimum atomic E-state index is -1.07. The summed E-state index contributed by atoms with van der Waals surface area (Å²) in [5.41, 5.74) is 9.40. The standard InChI is InChI=1S/C45H69BO3/c1-28-22-31(40(4,5)6)37(32(23-28)41(7,8)9)47-46(48-38-33(42(10,11)12)24-29(2)25-34(38)43(13,14)15)49-39-35(44(16,17)18)26-30(3)27-36(39)45(19,20)21/h22-27H,1-21H3. The molecule has 3 aromatic rings. The summed E-state index contributed by atoms with van der Waals surface area (Å²) < 4.78 is 21.8. The first-order chi connectivity index (χ1) is 21.8. The van der Waals surface area contributed by atoms with Gasteiger partial charge in [0.15, 0.2) is 0 Å². The fourth-order valence-electron chi connectivity index (χ4n) is 6.40. The highest BCUT2D eigenvalue weighted by molar-refractivity contribution is 6.40. The van der Waals surface area contributed by atoms with Gasteiger partial charge in [0, 0.05) is 0 Å². The highest BCUT2D eigenvalue weighted by atomic mass is 16.7. The van der Waals surface area contributed by atoms with E-state index < -0.39 is 7.32 Å². The van der Waals surface area contributed by atoms with Gasteiger partial charge in [0.2, 0.25) is 0 Å². The molecule has 0 aliphatic rings. The van der Waals surface area contributed by atoms with E-state index >= 15 is 0 Å². The summed E-state index contributed by atoms with van der Waals surface area (Å²) >= 11 is 0. The van der Waals surface area contributed by atoms with Crippen molar-refractivity contribution in [2.24, 2.45) is 0 Å². The van der Waals surface area contributed by atoms with Crippen molar-refractivity contribution in [3.05, 3.63) is 86.5 Å². The van der Waals surface area contributed by atoms with E-state index in [0.29, 0.717) is 0 Å². The van der Waals surface area contributed by atoms with Crippen LogP contribution < -0.4 is 14.0 Å². The van der Waals surface area contributed by atoms with E-state index in [1.807, 2.05) is 0 Å². The third-order valence-electron chi connectivity index (χ3n) is 9.19. The molecule has 3 aromatic carbocycles. The van der Waals surface area contributed by atoms with Crippen molar-refractivity contribution in [2.75, 3.05) is 0 Å². The highest BCUT2D eigenvalue weighted by Crippen LogP contribution is 2.46. The van der Waals surface area contributed by atoms with Crippen molar-refractivity contribution in [3.8, 4) is 17.2 Å². The van der Waals surface area contributed by atoms with Crippen LogP contribution >= 0.6 is 0 Å². The summed E-state index contributed by atoms with van der Waals surface area (Å²) in [6, 6.07) is 13.6. The van der Waals surface area contributed by atoms with E-state index in [-0.39, 0.29) is 32.5 Å².